The van der Waals surface area contributed by atoms with Gasteiger partial charge in [-0.3, -0.25) is 0 Å². The van der Waals surface area contributed by atoms with E-state index in [1.54, 1.807) is 0 Å². The first-order valence-corrected chi connectivity index (χ1v) is 13.8. The molecule has 0 atom stereocenters. The van der Waals surface area contributed by atoms with Crippen molar-refractivity contribution in [1.29, 1.82) is 0 Å². The van der Waals surface area contributed by atoms with E-state index < -0.39 is 25.5 Å². The third-order valence-corrected chi connectivity index (χ3v) is 17.3. The quantitative estimate of drug-likeness (QED) is 0.688. The Morgan fingerprint density at radius 3 is 1.14 bits per heavy atom. The summed E-state index contributed by atoms with van der Waals surface area (Å²) in [5.41, 5.74) is 0. The van der Waals surface area contributed by atoms with Gasteiger partial charge in [0.05, 0.1) is 0 Å². The first-order valence-electron chi connectivity index (χ1n) is 1.31. The van der Waals surface area contributed by atoms with Crippen molar-refractivity contribution >= 4 is 65.3 Å². The first kappa shape index (κ1) is 9.28. The molecule has 0 unspecified atom stereocenters. The molecular weight excluding hydrogens is 304 g/mol. The zero-order chi connectivity index (χ0) is 5.86. The molecule has 0 radical (unpaired) electrons. The maximum atomic E-state index is 5.45. The molecule has 0 aliphatic carbocycles. The van der Waals surface area contributed by atoms with Crippen LogP contribution in [0, 0.1) is 0 Å². The molecule has 0 saturated heterocycles. The molecule has 0 nitrogen and oxygen atoms in total. The van der Waals surface area contributed by atoms with Gasteiger partial charge in [0, 0.05) is 0 Å². The van der Waals surface area contributed by atoms with Gasteiger partial charge in [0.15, 0.2) is 0 Å². The molecular formula is CH2As2Cl4. The fourth-order valence-corrected chi connectivity index (χ4v) is 19.6. The van der Waals surface area contributed by atoms with Gasteiger partial charge >= 0.3 is 69.3 Å². The van der Waals surface area contributed by atoms with E-state index in [1.165, 1.54) is 0 Å². The van der Waals surface area contributed by atoms with Gasteiger partial charge in [0.2, 0.25) is 0 Å². The number of hydrogen-bond donors (Lipinski definition) is 0. The molecule has 0 spiro atoms. The number of halogens is 4. The molecule has 0 aliphatic rings. The Bertz CT molecular complexity index is 39.0. The summed E-state index contributed by atoms with van der Waals surface area (Å²) in [5.74, 6) is 0. The van der Waals surface area contributed by atoms with E-state index in [4.69, 9.17) is 39.8 Å². The van der Waals surface area contributed by atoms with Crippen LogP contribution in [0.3, 0.4) is 0 Å². The Morgan fingerprint density at radius 2 is 1.14 bits per heavy atom. The molecule has 0 aromatic carbocycles. The van der Waals surface area contributed by atoms with Crippen molar-refractivity contribution < 1.29 is 0 Å². The summed E-state index contributed by atoms with van der Waals surface area (Å²) in [6.45, 7) is 0. The first-order chi connectivity index (χ1) is 3.13. The maximum absolute atomic E-state index is 5.45. The number of hydrogen-bond acceptors (Lipinski definition) is 0. The van der Waals surface area contributed by atoms with Crippen LogP contribution in [-0.2, 0) is 0 Å². The van der Waals surface area contributed by atoms with Crippen LogP contribution in [0.2, 0.25) is 4.00 Å². The van der Waals surface area contributed by atoms with E-state index in [0.29, 0.717) is 4.00 Å². The van der Waals surface area contributed by atoms with Crippen LogP contribution >= 0.6 is 39.8 Å². The van der Waals surface area contributed by atoms with Gasteiger partial charge in [-0.2, -0.15) is 0 Å². The molecule has 0 rings (SSSR count). The summed E-state index contributed by atoms with van der Waals surface area (Å²) < 4.78 is 0.715. The Hall–Kier alpha value is 2.28. The van der Waals surface area contributed by atoms with Crippen molar-refractivity contribution in [3.8, 4) is 0 Å². The second kappa shape index (κ2) is 5.09. The van der Waals surface area contributed by atoms with E-state index in [-0.39, 0.29) is 0 Å². The SMILES string of the molecule is Cl[As](Cl)C[As](Cl)Cl. The van der Waals surface area contributed by atoms with Gasteiger partial charge in [0.25, 0.3) is 0 Å². The summed E-state index contributed by atoms with van der Waals surface area (Å²) in [5, 5.41) is 0. The van der Waals surface area contributed by atoms with Gasteiger partial charge in [-0.15, -0.1) is 0 Å². The molecule has 0 N–H and O–H groups in total. The standard InChI is InChI=1S/CH2As2Cl4/c4-2(5)1-3(6)7/h1H2. The zero-order valence-corrected chi connectivity index (χ0v) is 9.89. The van der Waals surface area contributed by atoms with Gasteiger partial charge in [-0.25, -0.2) is 0 Å². The summed E-state index contributed by atoms with van der Waals surface area (Å²) >= 11 is -3.08. The van der Waals surface area contributed by atoms with E-state index in [9.17, 15) is 0 Å². The van der Waals surface area contributed by atoms with Crippen LogP contribution in [0.4, 0.5) is 0 Å². The average molecular weight is 306 g/mol. The Kier molecular flexibility index (Phi) is 6.75. The predicted octanol–water partition coefficient (Wildman–Crippen LogP) is 2.46. The summed E-state index contributed by atoms with van der Waals surface area (Å²) in [6, 6.07) is 0. The van der Waals surface area contributed by atoms with Crippen LogP contribution in [-0.4, -0.2) is 25.5 Å². The topological polar surface area (TPSA) is 0 Å². The molecule has 0 heterocycles. The van der Waals surface area contributed by atoms with Crippen molar-refractivity contribution in [2.45, 2.75) is 4.00 Å². The molecule has 0 saturated carbocycles. The van der Waals surface area contributed by atoms with Gasteiger partial charge in [-0.1, -0.05) is 0 Å². The average Bonchev–Trinajstić information content (AvgIpc) is 1.27. The minimum absolute atomic E-state index is 0.715. The van der Waals surface area contributed by atoms with Crippen LogP contribution in [0.1, 0.15) is 0 Å². The van der Waals surface area contributed by atoms with Crippen molar-refractivity contribution in [3.05, 3.63) is 0 Å². The zero-order valence-electron chi connectivity index (χ0n) is 3.11. The van der Waals surface area contributed by atoms with Gasteiger partial charge in [-0.05, 0) is 0 Å². The summed E-state index contributed by atoms with van der Waals surface area (Å²) in [6.07, 6.45) is 0. The minimum atomic E-state index is -1.54. The Labute approximate surface area is 68.6 Å². The molecule has 0 aromatic heterocycles. The number of rotatable bonds is 2. The fraction of sp³-hybridized carbons (Fsp3) is 1.00. The van der Waals surface area contributed by atoms with Gasteiger partial charge < -0.3 is 0 Å². The molecule has 6 heteroatoms. The fourth-order valence-electron chi connectivity index (χ4n) is 0.0808. The summed E-state index contributed by atoms with van der Waals surface area (Å²) in [7, 11) is 21.8. The van der Waals surface area contributed by atoms with E-state index in [2.05, 4.69) is 0 Å². The third-order valence-electron chi connectivity index (χ3n) is 0.214. The normalized spacial score (nSPS) is 11.1. The van der Waals surface area contributed by atoms with Crippen molar-refractivity contribution in [1.82, 2.24) is 0 Å². The Morgan fingerprint density at radius 1 is 0.857 bits per heavy atom. The molecule has 7 heavy (non-hydrogen) atoms. The Balaban J connectivity index is 2.95. The summed E-state index contributed by atoms with van der Waals surface area (Å²) in [4.78, 5) is 0. The van der Waals surface area contributed by atoms with Crippen LogP contribution in [0.25, 0.3) is 0 Å². The van der Waals surface area contributed by atoms with Crippen LogP contribution < -0.4 is 0 Å². The molecule has 44 valence electrons. The third kappa shape index (κ3) is 8.28. The molecule has 0 bridgehead atoms. The van der Waals surface area contributed by atoms with E-state index >= 15 is 0 Å². The van der Waals surface area contributed by atoms with E-state index in [0.717, 1.165) is 0 Å². The van der Waals surface area contributed by atoms with Crippen LogP contribution in [0.15, 0.2) is 0 Å². The van der Waals surface area contributed by atoms with Gasteiger partial charge in [0.1, 0.15) is 0 Å². The molecule has 0 aliphatic heterocycles. The van der Waals surface area contributed by atoms with Crippen molar-refractivity contribution in [3.63, 3.8) is 0 Å². The second-order valence-corrected chi connectivity index (χ2v) is 17.2. The predicted molar refractivity (Wildman–Crippen MR) is 39.7 cm³/mol. The second-order valence-electron chi connectivity index (χ2n) is 0.747. The van der Waals surface area contributed by atoms with E-state index in [1.807, 2.05) is 0 Å². The van der Waals surface area contributed by atoms with Crippen LogP contribution in [0.5, 0.6) is 0 Å². The molecule has 0 amide bonds. The van der Waals surface area contributed by atoms with Crippen molar-refractivity contribution in [2.24, 2.45) is 0 Å². The molecule has 0 aromatic rings. The van der Waals surface area contributed by atoms with Crippen molar-refractivity contribution in [2.75, 3.05) is 0 Å². The molecule has 0 fully saturated rings. The monoisotopic (exact) mass is 304 g/mol.